The number of piperidine rings is 1. The van der Waals surface area contributed by atoms with Crippen LogP contribution in [0.3, 0.4) is 0 Å². The zero-order valence-electron chi connectivity index (χ0n) is 25.1. The third-order valence-electron chi connectivity index (χ3n) is 8.03. The molecular formula is C34H38FN5O3S. The van der Waals surface area contributed by atoms with Gasteiger partial charge in [-0.2, -0.15) is 0 Å². The van der Waals surface area contributed by atoms with E-state index in [1.54, 1.807) is 24.4 Å². The van der Waals surface area contributed by atoms with Crippen molar-refractivity contribution in [3.8, 4) is 22.1 Å². The third-order valence-corrected chi connectivity index (χ3v) is 9.19. The molecule has 0 unspecified atom stereocenters. The largest absolute Gasteiger partial charge is 0.453 e. The SMILES string of the molecule is CC(C)NC(=O)NC1CCN(Cc2ccc(-c3cc4nccc(Oc5ccc(CC(=O)CC6CC6)cc5F)c4s3)nc2)CC1. The highest BCUT2D eigenvalue weighted by Gasteiger charge is 2.24. The smallest absolute Gasteiger partial charge is 0.315 e. The molecule has 1 aliphatic carbocycles. The summed E-state index contributed by atoms with van der Waals surface area (Å²) in [5.74, 6) is 0.839. The highest BCUT2D eigenvalue weighted by molar-refractivity contribution is 7.22. The summed E-state index contributed by atoms with van der Waals surface area (Å²) in [6, 6.07) is 12.8. The normalized spacial score (nSPS) is 15.9. The van der Waals surface area contributed by atoms with Crippen molar-refractivity contribution >= 4 is 33.4 Å². The number of carbonyl (C=O) groups excluding carboxylic acids is 2. The summed E-state index contributed by atoms with van der Waals surface area (Å²) in [5, 5.41) is 5.96. The second-order valence-corrected chi connectivity index (χ2v) is 13.3. The number of Topliss-reactive ketones (excluding diaryl/α,β-unsaturated/α-hetero) is 1. The Morgan fingerprint density at radius 3 is 2.52 bits per heavy atom. The zero-order valence-corrected chi connectivity index (χ0v) is 26.0. The minimum absolute atomic E-state index is 0.0949. The van der Waals surface area contributed by atoms with Crippen LogP contribution in [0.15, 0.2) is 54.9 Å². The molecule has 44 heavy (non-hydrogen) atoms. The Labute approximate surface area is 261 Å². The number of pyridine rings is 2. The van der Waals surface area contributed by atoms with E-state index in [0.29, 0.717) is 23.7 Å². The van der Waals surface area contributed by atoms with Crippen molar-refractivity contribution in [2.75, 3.05) is 13.1 Å². The van der Waals surface area contributed by atoms with Crippen LogP contribution < -0.4 is 15.4 Å². The Balaban J connectivity index is 1.07. The van der Waals surface area contributed by atoms with Crippen LogP contribution in [-0.2, 0) is 17.8 Å². The number of aromatic nitrogens is 2. The quantitative estimate of drug-likeness (QED) is 0.191. The number of thiophene rings is 1. The molecule has 230 valence electrons. The number of ether oxygens (including phenoxy) is 1. The maximum Gasteiger partial charge on any atom is 0.315 e. The molecule has 1 saturated heterocycles. The number of nitrogens with one attached hydrogen (secondary N) is 2. The van der Waals surface area contributed by atoms with Gasteiger partial charge >= 0.3 is 6.03 Å². The number of amides is 2. The van der Waals surface area contributed by atoms with E-state index in [9.17, 15) is 14.0 Å². The second kappa shape index (κ2) is 13.4. The van der Waals surface area contributed by atoms with Gasteiger partial charge in [0.05, 0.1) is 20.8 Å². The Hall–Kier alpha value is -3.89. The fraction of sp³-hybridized carbons (Fsp3) is 0.412. The van der Waals surface area contributed by atoms with E-state index < -0.39 is 5.82 Å². The van der Waals surface area contributed by atoms with Crippen LogP contribution in [0.1, 0.15) is 57.1 Å². The molecule has 2 amide bonds. The molecule has 0 atom stereocenters. The number of carbonyl (C=O) groups is 2. The topological polar surface area (TPSA) is 96.5 Å². The van der Waals surface area contributed by atoms with Crippen LogP contribution in [-0.4, -0.2) is 51.9 Å². The van der Waals surface area contributed by atoms with Gasteiger partial charge in [0.1, 0.15) is 11.5 Å². The first-order valence-electron chi connectivity index (χ1n) is 15.4. The number of rotatable bonds is 11. The molecule has 2 fully saturated rings. The predicted octanol–water partition coefficient (Wildman–Crippen LogP) is 6.87. The Morgan fingerprint density at radius 2 is 1.82 bits per heavy atom. The highest BCUT2D eigenvalue weighted by Crippen LogP contribution is 2.39. The number of nitrogens with zero attached hydrogens (tertiary/aromatic N) is 3. The van der Waals surface area contributed by atoms with Gasteiger partial charge in [0.15, 0.2) is 11.6 Å². The minimum Gasteiger partial charge on any atom is -0.453 e. The average Bonchev–Trinajstić information content (AvgIpc) is 3.69. The van der Waals surface area contributed by atoms with Crippen LogP contribution in [0, 0.1) is 11.7 Å². The molecule has 4 heterocycles. The summed E-state index contributed by atoms with van der Waals surface area (Å²) >= 11 is 1.51. The van der Waals surface area contributed by atoms with Crippen molar-refractivity contribution in [2.45, 2.75) is 71.0 Å². The minimum atomic E-state index is -0.488. The lowest BCUT2D eigenvalue weighted by Crippen LogP contribution is -2.49. The van der Waals surface area contributed by atoms with E-state index >= 15 is 0 Å². The number of ketones is 1. The van der Waals surface area contributed by atoms with Gasteiger partial charge < -0.3 is 15.4 Å². The first kappa shape index (κ1) is 30.1. The Kier molecular flexibility index (Phi) is 9.18. The predicted molar refractivity (Wildman–Crippen MR) is 170 cm³/mol. The molecule has 3 aromatic heterocycles. The number of urea groups is 1. The average molecular weight is 616 g/mol. The molecule has 0 bridgehead atoms. The molecule has 2 N–H and O–H groups in total. The molecule has 1 aromatic carbocycles. The van der Waals surface area contributed by atoms with Crippen LogP contribution in [0.25, 0.3) is 20.8 Å². The number of hydrogen-bond acceptors (Lipinski definition) is 7. The van der Waals surface area contributed by atoms with Crippen LogP contribution >= 0.6 is 11.3 Å². The number of benzene rings is 1. The summed E-state index contributed by atoms with van der Waals surface area (Å²) in [6.45, 7) is 6.55. The van der Waals surface area contributed by atoms with Crippen molar-refractivity contribution < 1.29 is 18.7 Å². The van der Waals surface area contributed by atoms with Gasteiger partial charge in [-0.1, -0.05) is 12.1 Å². The maximum atomic E-state index is 15.0. The van der Waals surface area contributed by atoms with Crippen molar-refractivity contribution in [3.05, 3.63) is 71.8 Å². The lowest BCUT2D eigenvalue weighted by atomic mass is 10.0. The molecule has 1 saturated carbocycles. The van der Waals surface area contributed by atoms with E-state index in [-0.39, 0.29) is 36.1 Å². The number of hydrogen-bond donors (Lipinski definition) is 2. The molecule has 2 aliphatic rings. The lowest BCUT2D eigenvalue weighted by Gasteiger charge is -2.32. The van der Waals surface area contributed by atoms with E-state index in [4.69, 9.17) is 9.72 Å². The summed E-state index contributed by atoms with van der Waals surface area (Å²) in [4.78, 5) is 36.8. The summed E-state index contributed by atoms with van der Waals surface area (Å²) in [5.41, 5.74) is 3.40. The molecule has 4 aromatic rings. The van der Waals surface area contributed by atoms with Gasteiger partial charge in [-0.05, 0) is 80.8 Å². The van der Waals surface area contributed by atoms with Crippen LogP contribution in [0.4, 0.5) is 9.18 Å². The van der Waals surface area contributed by atoms with Gasteiger partial charge in [0.25, 0.3) is 0 Å². The molecule has 1 aliphatic heterocycles. The summed E-state index contributed by atoms with van der Waals surface area (Å²) in [6.07, 6.45) is 8.50. The maximum absolute atomic E-state index is 15.0. The molecule has 0 spiro atoms. The fourth-order valence-corrected chi connectivity index (χ4v) is 6.61. The fourth-order valence-electron chi connectivity index (χ4n) is 5.57. The van der Waals surface area contributed by atoms with Crippen molar-refractivity contribution in [3.63, 3.8) is 0 Å². The van der Waals surface area contributed by atoms with Crippen molar-refractivity contribution in [1.82, 2.24) is 25.5 Å². The monoisotopic (exact) mass is 615 g/mol. The first-order chi connectivity index (χ1) is 21.3. The molecule has 8 nitrogen and oxygen atoms in total. The van der Waals surface area contributed by atoms with Crippen LogP contribution in [0.5, 0.6) is 11.5 Å². The summed E-state index contributed by atoms with van der Waals surface area (Å²) in [7, 11) is 0. The Morgan fingerprint density at radius 1 is 1.02 bits per heavy atom. The Bertz CT molecular complexity index is 1630. The number of likely N-dealkylation sites (tertiary alicyclic amines) is 1. The molecule has 10 heteroatoms. The van der Waals surface area contributed by atoms with Gasteiger partial charge in [-0.15, -0.1) is 11.3 Å². The van der Waals surface area contributed by atoms with Gasteiger partial charge in [-0.3, -0.25) is 19.7 Å². The zero-order chi connectivity index (χ0) is 30.6. The second-order valence-electron chi connectivity index (χ2n) is 12.2. The summed E-state index contributed by atoms with van der Waals surface area (Å²) < 4.78 is 21.8. The standard InChI is InChI=1S/C34H38FN5O3S/c1-21(2)38-34(42)39-25-10-13-40(14-11-25)20-24-5-7-28(37-19-24)32-18-29-33(44-32)31(9-12-36-29)43-30-8-6-23(17-27(30)35)16-26(41)15-22-3-4-22/h5-9,12,17-19,21-22,25H,3-4,10-11,13-16,20H2,1-2H3,(H2,38,39,42). The molecule has 0 radical (unpaired) electrons. The van der Waals surface area contributed by atoms with Crippen molar-refractivity contribution in [1.29, 1.82) is 0 Å². The van der Waals surface area contributed by atoms with E-state index in [2.05, 4.69) is 26.6 Å². The van der Waals surface area contributed by atoms with E-state index in [1.807, 2.05) is 32.2 Å². The van der Waals surface area contributed by atoms with E-state index in [0.717, 1.165) is 71.7 Å². The number of fused-ring (bicyclic) bond motifs is 1. The van der Waals surface area contributed by atoms with Gasteiger partial charge in [0, 0.05) is 63.0 Å². The van der Waals surface area contributed by atoms with Crippen LogP contribution in [0.2, 0.25) is 0 Å². The van der Waals surface area contributed by atoms with E-state index in [1.165, 1.54) is 17.4 Å². The van der Waals surface area contributed by atoms with Gasteiger partial charge in [-0.25, -0.2) is 9.18 Å². The van der Waals surface area contributed by atoms with Gasteiger partial charge in [0.2, 0.25) is 0 Å². The molecular weight excluding hydrogens is 577 g/mol. The van der Waals surface area contributed by atoms with Crippen molar-refractivity contribution in [2.24, 2.45) is 5.92 Å². The molecule has 6 rings (SSSR count). The number of halogens is 1. The lowest BCUT2D eigenvalue weighted by molar-refractivity contribution is -0.118. The first-order valence-corrected chi connectivity index (χ1v) is 16.2. The highest BCUT2D eigenvalue weighted by atomic mass is 32.1. The third kappa shape index (κ3) is 7.78.